The Kier molecular flexibility index (Phi) is 5.31. The minimum absolute atomic E-state index is 0.0143. The van der Waals surface area contributed by atoms with Crippen molar-refractivity contribution in [3.05, 3.63) is 12.3 Å². The highest BCUT2D eigenvalue weighted by atomic mass is 16.5. The van der Waals surface area contributed by atoms with Gasteiger partial charge in [-0.3, -0.25) is 0 Å². The first-order valence-corrected chi connectivity index (χ1v) is 6.76. The fourth-order valence-corrected chi connectivity index (χ4v) is 2.23. The highest BCUT2D eigenvalue weighted by Gasteiger charge is 2.43. The van der Waals surface area contributed by atoms with Crippen molar-refractivity contribution >= 4 is 0 Å². The molecule has 1 nitrogen and oxygen atoms in total. The molecule has 0 aliphatic carbocycles. The van der Waals surface area contributed by atoms with E-state index in [1.807, 2.05) is 0 Å². The van der Waals surface area contributed by atoms with Gasteiger partial charge in [0.25, 0.3) is 0 Å². The van der Waals surface area contributed by atoms with Gasteiger partial charge in [0.15, 0.2) is 0 Å². The van der Waals surface area contributed by atoms with Gasteiger partial charge in [0, 0.05) is 5.41 Å². The molecule has 0 fully saturated rings. The maximum atomic E-state index is 5.83. The van der Waals surface area contributed by atoms with Crippen LogP contribution in [0.4, 0.5) is 0 Å². The minimum atomic E-state index is 0.0143. The Morgan fingerprint density at radius 3 is 1.76 bits per heavy atom. The van der Waals surface area contributed by atoms with E-state index in [9.17, 15) is 0 Å². The van der Waals surface area contributed by atoms with E-state index in [0.717, 1.165) is 25.2 Å². The number of hydrogen-bond acceptors (Lipinski definition) is 1. The SMILES string of the molecule is C=C(OCCC)C(C)(CC(C)(C)C)C(C)(C)C. The van der Waals surface area contributed by atoms with Gasteiger partial charge in [-0.05, 0) is 23.7 Å². The Labute approximate surface area is 109 Å². The molecule has 0 aliphatic heterocycles. The summed E-state index contributed by atoms with van der Waals surface area (Å²) in [5.41, 5.74) is 0.450. The first kappa shape index (κ1) is 16.5. The molecule has 0 saturated carbocycles. The summed E-state index contributed by atoms with van der Waals surface area (Å²) in [5, 5.41) is 0. The van der Waals surface area contributed by atoms with Gasteiger partial charge in [-0.15, -0.1) is 0 Å². The Morgan fingerprint density at radius 1 is 1.00 bits per heavy atom. The highest BCUT2D eigenvalue weighted by Crippen LogP contribution is 2.51. The van der Waals surface area contributed by atoms with Gasteiger partial charge < -0.3 is 4.74 Å². The lowest BCUT2D eigenvalue weighted by Crippen LogP contribution is -2.38. The number of allylic oxidation sites excluding steroid dienone is 1. The van der Waals surface area contributed by atoms with Crippen LogP contribution in [0.2, 0.25) is 0 Å². The van der Waals surface area contributed by atoms with E-state index in [0.29, 0.717) is 0 Å². The van der Waals surface area contributed by atoms with Gasteiger partial charge in [-0.2, -0.15) is 0 Å². The zero-order valence-electron chi connectivity index (χ0n) is 13.2. The van der Waals surface area contributed by atoms with E-state index in [1.54, 1.807) is 0 Å². The van der Waals surface area contributed by atoms with Crippen molar-refractivity contribution in [3.8, 4) is 0 Å². The van der Waals surface area contributed by atoms with Gasteiger partial charge in [0.1, 0.15) is 0 Å². The molecule has 0 aromatic heterocycles. The van der Waals surface area contributed by atoms with Crippen LogP contribution in [0.1, 0.15) is 68.2 Å². The molecule has 0 bridgehead atoms. The lowest BCUT2D eigenvalue weighted by Gasteiger charge is -2.46. The van der Waals surface area contributed by atoms with Gasteiger partial charge >= 0.3 is 0 Å². The first-order chi connectivity index (χ1) is 7.44. The summed E-state index contributed by atoms with van der Waals surface area (Å²) >= 11 is 0. The molecule has 0 radical (unpaired) electrons. The number of hydrogen-bond donors (Lipinski definition) is 0. The average molecular weight is 240 g/mol. The molecule has 1 unspecified atom stereocenters. The van der Waals surface area contributed by atoms with Crippen LogP contribution < -0.4 is 0 Å². The van der Waals surface area contributed by atoms with E-state index in [1.165, 1.54) is 0 Å². The van der Waals surface area contributed by atoms with Crippen LogP contribution in [0.25, 0.3) is 0 Å². The zero-order valence-corrected chi connectivity index (χ0v) is 13.2. The van der Waals surface area contributed by atoms with Crippen molar-refractivity contribution in [2.75, 3.05) is 6.61 Å². The van der Waals surface area contributed by atoms with Crippen molar-refractivity contribution in [2.45, 2.75) is 68.2 Å². The van der Waals surface area contributed by atoms with Crippen molar-refractivity contribution in [3.63, 3.8) is 0 Å². The third-order valence-corrected chi connectivity index (χ3v) is 3.64. The van der Waals surface area contributed by atoms with E-state index in [-0.39, 0.29) is 16.2 Å². The lowest BCUT2D eigenvalue weighted by atomic mass is 9.60. The maximum absolute atomic E-state index is 5.83. The molecular weight excluding hydrogens is 208 g/mol. The number of rotatable bonds is 5. The van der Waals surface area contributed by atoms with Crippen LogP contribution in [0.5, 0.6) is 0 Å². The second kappa shape index (κ2) is 5.46. The quantitative estimate of drug-likeness (QED) is 0.583. The fourth-order valence-electron chi connectivity index (χ4n) is 2.23. The summed E-state index contributed by atoms with van der Waals surface area (Å²) in [7, 11) is 0. The molecule has 0 rings (SSSR count). The molecule has 0 aliphatic rings. The van der Waals surface area contributed by atoms with Crippen molar-refractivity contribution in [2.24, 2.45) is 16.2 Å². The summed E-state index contributed by atoms with van der Waals surface area (Å²) < 4.78 is 5.83. The minimum Gasteiger partial charge on any atom is -0.498 e. The normalized spacial score (nSPS) is 16.5. The Balaban J connectivity index is 5.05. The molecule has 0 aromatic carbocycles. The van der Waals surface area contributed by atoms with E-state index in [4.69, 9.17) is 4.74 Å². The molecule has 0 heterocycles. The van der Waals surface area contributed by atoms with Gasteiger partial charge in [-0.1, -0.05) is 62.0 Å². The summed E-state index contributed by atoms with van der Waals surface area (Å²) in [6.45, 7) is 23.1. The fraction of sp³-hybridized carbons (Fsp3) is 0.875. The van der Waals surface area contributed by atoms with Crippen molar-refractivity contribution in [1.29, 1.82) is 0 Å². The maximum Gasteiger partial charge on any atom is 0.0952 e. The van der Waals surface area contributed by atoms with E-state index < -0.39 is 0 Å². The summed E-state index contributed by atoms with van der Waals surface area (Å²) in [4.78, 5) is 0. The molecule has 0 N–H and O–H groups in total. The molecule has 0 amide bonds. The van der Waals surface area contributed by atoms with E-state index in [2.05, 4.69) is 62.0 Å². The second-order valence-corrected chi connectivity index (χ2v) is 7.59. The Hall–Kier alpha value is -0.460. The first-order valence-electron chi connectivity index (χ1n) is 6.76. The van der Waals surface area contributed by atoms with Crippen LogP contribution in [-0.2, 0) is 4.74 Å². The van der Waals surface area contributed by atoms with Crippen LogP contribution in [0.3, 0.4) is 0 Å². The monoisotopic (exact) mass is 240 g/mol. The van der Waals surface area contributed by atoms with Crippen LogP contribution in [0, 0.1) is 16.2 Å². The smallest absolute Gasteiger partial charge is 0.0952 e. The molecule has 0 saturated heterocycles. The van der Waals surface area contributed by atoms with Gasteiger partial charge in [0.05, 0.1) is 12.4 Å². The number of ether oxygens (including phenoxy) is 1. The standard InChI is InChI=1S/C16H32O/c1-10-11-17-13(2)16(9,15(6,7)8)12-14(3,4)5/h2,10-12H2,1,3-9H3. The van der Waals surface area contributed by atoms with Crippen LogP contribution >= 0.6 is 0 Å². The van der Waals surface area contributed by atoms with Crippen molar-refractivity contribution in [1.82, 2.24) is 0 Å². The molecule has 1 atom stereocenters. The Morgan fingerprint density at radius 2 is 1.47 bits per heavy atom. The molecule has 0 aromatic rings. The molecular formula is C16H32O. The molecule has 17 heavy (non-hydrogen) atoms. The predicted octanol–water partition coefficient (Wildman–Crippen LogP) is 5.42. The summed E-state index contributed by atoms with van der Waals surface area (Å²) in [6.07, 6.45) is 2.13. The third-order valence-electron chi connectivity index (χ3n) is 3.64. The zero-order chi connectivity index (χ0) is 13.9. The largest absolute Gasteiger partial charge is 0.498 e. The van der Waals surface area contributed by atoms with Gasteiger partial charge in [-0.25, -0.2) is 0 Å². The Bertz CT molecular complexity index is 252. The summed E-state index contributed by atoms with van der Waals surface area (Å²) in [6, 6.07) is 0. The predicted molar refractivity (Wildman–Crippen MR) is 77.0 cm³/mol. The summed E-state index contributed by atoms with van der Waals surface area (Å²) in [5.74, 6) is 0.946. The van der Waals surface area contributed by atoms with Gasteiger partial charge in [0.2, 0.25) is 0 Å². The second-order valence-electron chi connectivity index (χ2n) is 7.59. The average Bonchev–Trinajstić information content (AvgIpc) is 2.09. The molecule has 1 heteroatoms. The van der Waals surface area contributed by atoms with Crippen molar-refractivity contribution < 1.29 is 4.74 Å². The molecule has 102 valence electrons. The third kappa shape index (κ3) is 4.73. The van der Waals surface area contributed by atoms with E-state index >= 15 is 0 Å². The molecule has 0 spiro atoms. The lowest BCUT2D eigenvalue weighted by molar-refractivity contribution is 0.0214. The van der Waals surface area contributed by atoms with Crippen LogP contribution in [0.15, 0.2) is 12.3 Å². The topological polar surface area (TPSA) is 9.23 Å². The van der Waals surface area contributed by atoms with Crippen LogP contribution in [-0.4, -0.2) is 6.61 Å². The highest BCUT2D eigenvalue weighted by molar-refractivity contribution is 5.08.